The highest BCUT2D eigenvalue weighted by Gasteiger charge is 2.07. The standard InChI is InChI=1S/C17H15Br2NO3/c1-2-8-22-14-5-3-4-13(10-14)20-17(21)11-23-16-7-6-12(18)9-15(16)19/h2-7,9-10H,1,8,11H2,(H,20,21). The van der Waals surface area contributed by atoms with Crippen LogP contribution in [-0.4, -0.2) is 19.1 Å². The topological polar surface area (TPSA) is 47.6 Å². The second kappa shape index (κ2) is 8.74. The van der Waals surface area contributed by atoms with Crippen molar-refractivity contribution in [3.05, 3.63) is 64.1 Å². The van der Waals surface area contributed by atoms with E-state index in [2.05, 4.69) is 43.8 Å². The molecule has 120 valence electrons. The molecule has 0 heterocycles. The fraction of sp³-hybridized carbons (Fsp3) is 0.118. The zero-order valence-electron chi connectivity index (χ0n) is 12.2. The van der Waals surface area contributed by atoms with Crippen LogP contribution in [0.25, 0.3) is 0 Å². The van der Waals surface area contributed by atoms with Gasteiger partial charge >= 0.3 is 0 Å². The van der Waals surface area contributed by atoms with Crippen molar-refractivity contribution in [3.63, 3.8) is 0 Å². The predicted octanol–water partition coefficient (Wildman–Crippen LogP) is 4.79. The zero-order chi connectivity index (χ0) is 16.7. The van der Waals surface area contributed by atoms with Crippen LogP contribution >= 0.6 is 31.9 Å². The minimum absolute atomic E-state index is 0.0853. The summed E-state index contributed by atoms with van der Waals surface area (Å²) in [5, 5.41) is 2.77. The zero-order valence-corrected chi connectivity index (χ0v) is 15.4. The quantitative estimate of drug-likeness (QED) is 0.629. The molecular formula is C17H15Br2NO3. The number of carbonyl (C=O) groups is 1. The third kappa shape index (κ3) is 5.73. The molecule has 0 aliphatic carbocycles. The second-order valence-electron chi connectivity index (χ2n) is 4.54. The van der Waals surface area contributed by atoms with Gasteiger partial charge in [0.1, 0.15) is 18.1 Å². The lowest BCUT2D eigenvalue weighted by Crippen LogP contribution is -2.20. The highest BCUT2D eigenvalue weighted by atomic mass is 79.9. The van der Waals surface area contributed by atoms with Crippen molar-refractivity contribution in [1.29, 1.82) is 0 Å². The maximum absolute atomic E-state index is 12.0. The smallest absolute Gasteiger partial charge is 0.262 e. The van der Waals surface area contributed by atoms with Gasteiger partial charge in [-0.15, -0.1) is 0 Å². The monoisotopic (exact) mass is 439 g/mol. The second-order valence-corrected chi connectivity index (χ2v) is 6.31. The summed E-state index contributed by atoms with van der Waals surface area (Å²) in [6, 6.07) is 12.6. The van der Waals surface area contributed by atoms with Crippen molar-refractivity contribution in [3.8, 4) is 11.5 Å². The summed E-state index contributed by atoms with van der Waals surface area (Å²) in [7, 11) is 0. The SMILES string of the molecule is C=CCOc1cccc(NC(=O)COc2ccc(Br)cc2Br)c1. The maximum Gasteiger partial charge on any atom is 0.262 e. The first-order chi connectivity index (χ1) is 11.1. The molecule has 0 saturated heterocycles. The van der Waals surface area contributed by atoms with Gasteiger partial charge in [-0.2, -0.15) is 0 Å². The normalized spacial score (nSPS) is 10.0. The van der Waals surface area contributed by atoms with Crippen LogP contribution in [0.3, 0.4) is 0 Å². The van der Waals surface area contributed by atoms with Gasteiger partial charge in [0.05, 0.1) is 4.47 Å². The molecule has 2 aromatic carbocycles. The number of halogens is 2. The van der Waals surface area contributed by atoms with E-state index in [1.165, 1.54) is 0 Å². The number of carbonyl (C=O) groups excluding carboxylic acids is 1. The number of rotatable bonds is 7. The molecule has 0 radical (unpaired) electrons. The number of ether oxygens (including phenoxy) is 2. The molecule has 0 spiro atoms. The third-order valence-electron chi connectivity index (χ3n) is 2.74. The van der Waals surface area contributed by atoms with Crippen LogP contribution in [0, 0.1) is 0 Å². The molecule has 0 aliphatic heterocycles. The third-order valence-corrected chi connectivity index (χ3v) is 3.85. The van der Waals surface area contributed by atoms with Crippen LogP contribution in [0.2, 0.25) is 0 Å². The predicted molar refractivity (Wildman–Crippen MR) is 98.1 cm³/mol. The molecular weight excluding hydrogens is 426 g/mol. The Morgan fingerprint density at radius 3 is 2.74 bits per heavy atom. The Balaban J connectivity index is 1.90. The molecule has 4 nitrogen and oxygen atoms in total. The molecule has 0 atom stereocenters. The Morgan fingerprint density at radius 2 is 2.00 bits per heavy atom. The molecule has 2 aromatic rings. The van der Waals surface area contributed by atoms with E-state index in [4.69, 9.17) is 9.47 Å². The van der Waals surface area contributed by atoms with Crippen LogP contribution in [-0.2, 0) is 4.79 Å². The largest absolute Gasteiger partial charge is 0.489 e. The average molecular weight is 441 g/mol. The van der Waals surface area contributed by atoms with Crippen molar-refractivity contribution in [2.24, 2.45) is 0 Å². The number of amides is 1. The van der Waals surface area contributed by atoms with Crippen molar-refractivity contribution in [2.45, 2.75) is 0 Å². The summed E-state index contributed by atoms with van der Waals surface area (Å²) >= 11 is 6.75. The summed E-state index contributed by atoms with van der Waals surface area (Å²) in [5.41, 5.74) is 0.648. The Kier molecular flexibility index (Phi) is 6.67. The number of hydrogen-bond acceptors (Lipinski definition) is 3. The van der Waals surface area contributed by atoms with Crippen LogP contribution in [0.1, 0.15) is 0 Å². The highest BCUT2D eigenvalue weighted by molar-refractivity contribution is 9.11. The summed E-state index contributed by atoms with van der Waals surface area (Å²) in [4.78, 5) is 12.0. The van der Waals surface area contributed by atoms with Crippen molar-refractivity contribution in [2.75, 3.05) is 18.5 Å². The lowest BCUT2D eigenvalue weighted by molar-refractivity contribution is -0.118. The van der Waals surface area contributed by atoms with Crippen molar-refractivity contribution in [1.82, 2.24) is 0 Å². The molecule has 0 fully saturated rings. The van der Waals surface area contributed by atoms with E-state index in [1.807, 2.05) is 18.2 Å². The lowest BCUT2D eigenvalue weighted by atomic mass is 10.3. The van der Waals surface area contributed by atoms with E-state index < -0.39 is 0 Å². The van der Waals surface area contributed by atoms with Crippen molar-refractivity contribution >= 4 is 43.5 Å². The van der Waals surface area contributed by atoms with Crippen LogP contribution in [0.5, 0.6) is 11.5 Å². The van der Waals surface area contributed by atoms with E-state index in [-0.39, 0.29) is 12.5 Å². The average Bonchev–Trinajstić information content (AvgIpc) is 2.52. The van der Waals surface area contributed by atoms with E-state index in [1.54, 1.807) is 30.3 Å². The highest BCUT2D eigenvalue weighted by Crippen LogP contribution is 2.28. The Morgan fingerprint density at radius 1 is 1.17 bits per heavy atom. The van der Waals surface area contributed by atoms with Gasteiger partial charge in [0.25, 0.3) is 5.91 Å². The van der Waals surface area contributed by atoms with Gasteiger partial charge in [-0.3, -0.25) is 4.79 Å². The van der Waals surface area contributed by atoms with E-state index >= 15 is 0 Å². The maximum atomic E-state index is 12.0. The molecule has 0 bridgehead atoms. The van der Waals surface area contributed by atoms with E-state index in [9.17, 15) is 4.79 Å². The first-order valence-corrected chi connectivity index (χ1v) is 8.38. The summed E-state index contributed by atoms with van der Waals surface area (Å²) in [6.45, 7) is 3.92. The van der Waals surface area contributed by atoms with Gasteiger partial charge in [0.15, 0.2) is 6.61 Å². The summed E-state index contributed by atoms with van der Waals surface area (Å²) in [6.07, 6.45) is 1.66. The molecule has 6 heteroatoms. The van der Waals surface area contributed by atoms with Gasteiger partial charge in [0.2, 0.25) is 0 Å². The number of nitrogens with one attached hydrogen (secondary N) is 1. The number of anilines is 1. The van der Waals surface area contributed by atoms with E-state index in [0.717, 1.165) is 8.95 Å². The fourth-order valence-corrected chi connectivity index (χ4v) is 2.91. The van der Waals surface area contributed by atoms with Crippen LogP contribution < -0.4 is 14.8 Å². The van der Waals surface area contributed by atoms with Gasteiger partial charge in [-0.1, -0.05) is 34.7 Å². The minimum Gasteiger partial charge on any atom is -0.489 e. The molecule has 1 amide bonds. The van der Waals surface area contributed by atoms with Gasteiger partial charge in [0, 0.05) is 16.2 Å². The fourth-order valence-electron chi connectivity index (χ4n) is 1.75. The van der Waals surface area contributed by atoms with Crippen LogP contribution in [0.15, 0.2) is 64.1 Å². The minimum atomic E-state index is -0.249. The molecule has 2 rings (SSSR count). The Bertz CT molecular complexity index is 704. The summed E-state index contributed by atoms with van der Waals surface area (Å²) in [5.74, 6) is 1.02. The summed E-state index contributed by atoms with van der Waals surface area (Å²) < 4.78 is 12.6. The molecule has 0 aliphatic rings. The molecule has 0 saturated carbocycles. The first-order valence-electron chi connectivity index (χ1n) is 6.80. The van der Waals surface area contributed by atoms with Crippen LogP contribution in [0.4, 0.5) is 5.69 Å². The Hall–Kier alpha value is -1.79. The first kappa shape index (κ1) is 17.6. The molecule has 0 unspecified atom stereocenters. The molecule has 0 aromatic heterocycles. The number of hydrogen-bond donors (Lipinski definition) is 1. The van der Waals surface area contributed by atoms with Gasteiger partial charge < -0.3 is 14.8 Å². The van der Waals surface area contributed by atoms with Gasteiger partial charge in [-0.25, -0.2) is 0 Å². The number of benzene rings is 2. The Labute approximate surface area is 151 Å². The van der Waals surface area contributed by atoms with Crippen molar-refractivity contribution < 1.29 is 14.3 Å². The molecule has 1 N–H and O–H groups in total. The van der Waals surface area contributed by atoms with Gasteiger partial charge in [-0.05, 0) is 46.3 Å². The van der Waals surface area contributed by atoms with E-state index in [0.29, 0.717) is 23.8 Å². The molecule has 23 heavy (non-hydrogen) atoms. The lowest BCUT2D eigenvalue weighted by Gasteiger charge is -2.10.